The van der Waals surface area contributed by atoms with Crippen molar-refractivity contribution in [1.82, 2.24) is 5.32 Å². The molecule has 1 N–H and O–H groups in total. The SMILES string of the molecule is CCCOCC(CCc1ccc(C)cc1)NC. The molecule has 0 saturated heterocycles. The van der Waals surface area contributed by atoms with Crippen molar-refractivity contribution in [3.8, 4) is 0 Å². The summed E-state index contributed by atoms with van der Waals surface area (Å²) in [4.78, 5) is 0. The molecule has 96 valence electrons. The van der Waals surface area contributed by atoms with E-state index < -0.39 is 0 Å². The zero-order chi connectivity index (χ0) is 12.5. The lowest BCUT2D eigenvalue weighted by molar-refractivity contribution is 0.111. The molecule has 2 nitrogen and oxygen atoms in total. The highest BCUT2D eigenvalue weighted by Crippen LogP contribution is 2.07. The first-order valence-electron chi connectivity index (χ1n) is 6.56. The van der Waals surface area contributed by atoms with Gasteiger partial charge in [0.2, 0.25) is 0 Å². The summed E-state index contributed by atoms with van der Waals surface area (Å²) in [6.45, 7) is 5.94. The van der Waals surface area contributed by atoms with Crippen LogP contribution in [-0.4, -0.2) is 26.3 Å². The molecule has 0 radical (unpaired) electrons. The third kappa shape index (κ3) is 5.85. The number of ether oxygens (including phenoxy) is 1. The van der Waals surface area contributed by atoms with E-state index in [4.69, 9.17) is 4.74 Å². The minimum atomic E-state index is 0.461. The van der Waals surface area contributed by atoms with Gasteiger partial charge in [-0.05, 0) is 38.8 Å². The van der Waals surface area contributed by atoms with Crippen molar-refractivity contribution in [2.45, 2.75) is 39.2 Å². The molecule has 0 aliphatic heterocycles. The second-order valence-electron chi connectivity index (χ2n) is 4.58. The lowest BCUT2D eigenvalue weighted by Gasteiger charge is -2.16. The molecular formula is C15H25NO. The summed E-state index contributed by atoms with van der Waals surface area (Å²) < 4.78 is 5.58. The molecule has 2 heteroatoms. The molecule has 0 aliphatic rings. The molecule has 1 aromatic carbocycles. The summed E-state index contributed by atoms with van der Waals surface area (Å²) in [6.07, 6.45) is 3.33. The van der Waals surface area contributed by atoms with Crippen LogP contribution in [0.1, 0.15) is 30.9 Å². The van der Waals surface area contributed by atoms with Crippen molar-refractivity contribution in [2.24, 2.45) is 0 Å². The topological polar surface area (TPSA) is 21.3 Å². The first-order chi connectivity index (χ1) is 8.26. The number of nitrogens with one attached hydrogen (secondary N) is 1. The van der Waals surface area contributed by atoms with Gasteiger partial charge < -0.3 is 10.1 Å². The lowest BCUT2D eigenvalue weighted by atomic mass is 10.0. The summed E-state index contributed by atoms with van der Waals surface area (Å²) in [5, 5.41) is 3.32. The van der Waals surface area contributed by atoms with E-state index in [2.05, 4.69) is 43.4 Å². The molecule has 0 aromatic heterocycles. The molecule has 0 spiro atoms. The van der Waals surface area contributed by atoms with Gasteiger partial charge in [0.25, 0.3) is 0 Å². The monoisotopic (exact) mass is 235 g/mol. The van der Waals surface area contributed by atoms with E-state index in [9.17, 15) is 0 Å². The highest BCUT2D eigenvalue weighted by atomic mass is 16.5. The van der Waals surface area contributed by atoms with Crippen molar-refractivity contribution in [1.29, 1.82) is 0 Å². The minimum Gasteiger partial charge on any atom is -0.380 e. The Balaban J connectivity index is 2.29. The van der Waals surface area contributed by atoms with Gasteiger partial charge in [0, 0.05) is 12.6 Å². The van der Waals surface area contributed by atoms with Gasteiger partial charge in [0.05, 0.1) is 6.61 Å². The van der Waals surface area contributed by atoms with Crippen LogP contribution in [-0.2, 0) is 11.2 Å². The molecule has 0 heterocycles. The van der Waals surface area contributed by atoms with E-state index in [0.29, 0.717) is 6.04 Å². The van der Waals surface area contributed by atoms with Crippen molar-refractivity contribution in [2.75, 3.05) is 20.3 Å². The Morgan fingerprint density at radius 3 is 2.53 bits per heavy atom. The van der Waals surface area contributed by atoms with Crippen molar-refractivity contribution < 1.29 is 4.74 Å². The average Bonchev–Trinajstić information content (AvgIpc) is 2.35. The summed E-state index contributed by atoms with van der Waals surface area (Å²) >= 11 is 0. The van der Waals surface area contributed by atoms with Gasteiger partial charge >= 0.3 is 0 Å². The van der Waals surface area contributed by atoms with Crippen LogP contribution in [0.4, 0.5) is 0 Å². The predicted molar refractivity (Wildman–Crippen MR) is 73.5 cm³/mol. The summed E-state index contributed by atoms with van der Waals surface area (Å²) in [5.41, 5.74) is 2.73. The standard InChI is InChI=1S/C15H25NO/c1-4-11-17-12-15(16-3)10-9-14-7-5-13(2)6-8-14/h5-8,15-16H,4,9-12H2,1-3H3. The Morgan fingerprint density at radius 1 is 1.24 bits per heavy atom. The molecule has 17 heavy (non-hydrogen) atoms. The molecular weight excluding hydrogens is 210 g/mol. The molecule has 1 rings (SSSR count). The van der Waals surface area contributed by atoms with Gasteiger partial charge in [-0.25, -0.2) is 0 Å². The third-order valence-electron chi connectivity index (χ3n) is 2.98. The van der Waals surface area contributed by atoms with Gasteiger partial charge in [-0.15, -0.1) is 0 Å². The Hall–Kier alpha value is -0.860. The van der Waals surface area contributed by atoms with Crippen molar-refractivity contribution in [3.63, 3.8) is 0 Å². The Kier molecular flexibility index (Phi) is 6.90. The van der Waals surface area contributed by atoms with E-state index in [1.807, 2.05) is 7.05 Å². The highest BCUT2D eigenvalue weighted by Gasteiger charge is 2.06. The molecule has 0 bridgehead atoms. The van der Waals surface area contributed by atoms with Gasteiger partial charge in [0.1, 0.15) is 0 Å². The summed E-state index contributed by atoms with van der Waals surface area (Å²) in [5.74, 6) is 0. The van der Waals surface area contributed by atoms with Gasteiger partial charge in [-0.1, -0.05) is 36.8 Å². The summed E-state index contributed by atoms with van der Waals surface area (Å²) in [6, 6.07) is 9.25. The van der Waals surface area contributed by atoms with Crippen molar-refractivity contribution in [3.05, 3.63) is 35.4 Å². The van der Waals surface area contributed by atoms with Crippen LogP contribution in [0, 0.1) is 6.92 Å². The Labute approximate surface area is 105 Å². The van der Waals surface area contributed by atoms with Crippen LogP contribution in [0.2, 0.25) is 0 Å². The number of rotatable bonds is 8. The molecule has 1 aromatic rings. The minimum absolute atomic E-state index is 0.461. The average molecular weight is 235 g/mol. The van der Waals surface area contributed by atoms with Crippen LogP contribution in [0.15, 0.2) is 24.3 Å². The molecule has 1 unspecified atom stereocenters. The maximum absolute atomic E-state index is 5.58. The van der Waals surface area contributed by atoms with Crippen LogP contribution in [0.5, 0.6) is 0 Å². The lowest BCUT2D eigenvalue weighted by Crippen LogP contribution is -2.31. The fourth-order valence-electron chi connectivity index (χ4n) is 1.78. The van der Waals surface area contributed by atoms with Gasteiger partial charge in [0.15, 0.2) is 0 Å². The number of hydrogen-bond donors (Lipinski definition) is 1. The maximum Gasteiger partial charge on any atom is 0.0619 e. The number of hydrogen-bond acceptors (Lipinski definition) is 2. The molecule has 0 aliphatic carbocycles. The van der Waals surface area contributed by atoms with E-state index in [-0.39, 0.29) is 0 Å². The largest absolute Gasteiger partial charge is 0.380 e. The quantitative estimate of drug-likeness (QED) is 0.700. The number of benzene rings is 1. The van der Waals surface area contributed by atoms with E-state index >= 15 is 0 Å². The fourth-order valence-corrected chi connectivity index (χ4v) is 1.78. The van der Waals surface area contributed by atoms with E-state index in [1.54, 1.807) is 0 Å². The molecule has 0 fully saturated rings. The molecule has 0 saturated carbocycles. The summed E-state index contributed by atoms with van der Waals surface area (Å²) in [7, 11) is 2.01. The second-order valence-corrected chi connectivity index (χ2v) is 4.58. The van der Waals surface area contributed by atoms with Crippen LogP contribution < -0.4 is 5.32 Å². The number of aryl methyl sites for hydroxylation is 2. The zero-order valence-corrected chi connectivity index (χ0v) is 11.3. The van der Waals surface area contributed by atoms with Gasteiger partial charge in [-0.2, -0.15) is 0 Å². The normalized spacial score (nSPS) is 12.6. The fraction of sp³-hybridized carbons (Fsp3) is 0.600. The predicted octanol–water partition coefficient (Wildman–Crippen LogP) is 2.94. The van der Waals surface area contributed by atoms with Crippen LogP contribution >= 0.6 is 0 Å². The maximum atomic E-state index is 5.58. The van der Waals surface area contributed by atoms with Crippen LogP contribution in [0.3, 0.4) is 0 Å². The van der Waals surface area contributed by atoms with Gasteiger partial charge in [-0.3, -0.25) is 0 Å². The van der Waals surface area contributed by atoms with Crippen molar-refractivity contribution >= 4 is 0 Å². The number of likely N-dealkylation sites (N-methyl/N-ethyl adjacent to an activating group) is 1. The molecule has 0 amide bonds. The van der Waals surface area contributed by atoms with E-state index in [0.717, 1.165) is 32.5 Å². The van der Waals surface area contributed by atoms with Crippen LogP contribution in [0.25, 0.3) is 0 Å². The Morgan fingerprint density at radius 2 is 1.94 bits per heavy atom. The smallest absolute Gasteiger partial charge is 0.0619 e. The highest BCUT2D eigenvalue weighted by molar-refractivity contribution is 5.21. The zero-order valence-electron chi connectivity index (χ0n) is 11.3. The molecule has 1 atom stereocenters. The first-order valence-corrected chi connectivity index (χ1v) is 6.56. The third-order valence-corrected chi connectivity index (χ3v) is 2.98. The Bertz CT molecular complexity index is 294. The first kappa shape index (κ1) is 14.2. The van der Waals surface area contributed by atoms with E-state index in [1.165, 1.54) is 11.1 Å². The second kappa shape index (κ2) is 8.26.